The van der Waals surface area contributed by atoms with Crippen LogP contribution >= 0.6 is 35.4 Å². The molecule has 0 atom stereocenters. The number of hydrogen-bond donors (Lipinski definition) is 2. The van der Waals surface area contributed by atoms with E-state index >= 15 is 0 Å². The van der Waals surface area contributed by atoms with Gasteiger partial charge in [0.15, 0.2) is 0 Å². The zero-order valence-electron chi connectivity index (χ0n) is 10.2. The van der Waals surface area contributed by atoms with E-state index < -0.39 is 0 Å². The van der Waals surface area contributed by atoms with Crippen molar-refractivity contribution in [2.24, 2.45) is 5.73 Å². The predicted octanol–water partition coefficient (Wildman–Crippen LogP) is 3.88. The summed E-state index contributed by atoms with van der Waals surface area (Å²) in [6.07, 6.45) is 0. The number of carbonyl (C=O) groups is 1. The van der Waals surface area contributed by atoms with Gasteiger partial charge >= 0.3 is 0 Å². The predicted molar refractivity (Wildman–Crippen MR) is 86.7 cm³/mol. The lowest BCUT2D eigenvalue weighted by atomic mass is 10.1. The van der Waals surface area contributed by atoms with Gasteiger partial charge in [0.05, 0.1) is 10.0 Å². The van der Waals surface area contributed by atoms with Crippen molar-refractivity contribution in [3.05, 3.63) is 63.6 Å². The fourth-order valence-corrected chi connectivity index (χ4v) is 2.02. The van der Waals surface area contributed by atoms with Crippen molar-refractivity contribution in [2.45, 2.75) is 0 Å². The number of amides is 1. The van der Waals surface area contributed by atoms with E-state index in [0.717, 1.165) is 0 Å². The Bertz CT molecular complexity index is 689. The van der Waals surface area contributed by atoms with Crippen LogP contribution in [0.2, 0.25) is 10.0 Å². The SMILES string of the molecule is NC(=S)c1cccc(C(=O)Nc2ccc(Cl)c(Cl)c2)c1. The largest absolute Gasteiger partial charge is 0.389 e. The molecule has 0 aliphatic carbocycles. The minimum Gasteiger partial charge on any atom is -0.389 e. The zero-order valence-corrected chi connectivity index (χ0v) is 12.5. The van der Waals surface area contributed by atoms with Crippen LogP contribution in [0.4, 0.5) is 5.69 Å². The highest BCUT2D eigenvalue weighted by atomic mass is 35.5. The van der Waals surface area contributed by atoms with Gasteiger partial charge in [-0.05, 0) is 30.3 Å². The molecule has 0 radical (unpaired) electrons. The van der Waals surface area contributed by atoms with E-state index in [2.05, 4.69) is 5.32 Å². The van der Waals surface area contributed by atoms with Gasteiger partial charge in [0, 0.05) is 16.8 Å². The average Bonchev–Trinajstić information content (AvgIpc) is 2.43. The molecule has 2 aromatic carbocycles. The van der Waals surface area contributed by atoms with Gasteiger partial charge in [0.25, 0.3) is 5.91 Å². The molecule has 102 valence electrons. The molecule has 0 heterocycles. The lowest BCUT2D eigenvalue weighted by Gasteiger charge is -2.07. The molecule has 3 nitrogen and oxygen atoms in total. The first-order valence-corrected chi connectivity index (χ1v) is 6.80. The first-order valence-electron chi connectivity index (χ1n) is 5.63. The minimum absolute atomic E-state index is 0.245. The highest BCUT2D eigenvalue weighted by molar-refractivity contribution is 7.80. The molecule has 2 aromatic rings. The summed E-state index contributed by atoms with van der Waals surface area (Å²) >= 11 is 16.6. The second-order valence-corrected chi connectivity index (χ2v) is 5.28. The Labute approximate surface area is 131 Å². The smallest absolute Gasteiger partial charge is 0.255 e. The van der Waals surface area contributed by atoms with E-state index in [-0.39, 0.29) is 10.9 Å². The number of halogens is 2. The van der Waals surface area contributed by atoms with Crippen LogP contribution in [0.15, 0.2) is 42.5 Å². The standard InChI is InChI=1S/C14H10Cl2N2OS/c15-11-5-4-10(7-12(11)16)18-14(19)9-3-1-2-8(6-9)13(17)20/h1-7H,(H2,17,20)(H,18,19). The Hall–Kier alpha value is -1.62. The Morgan fingerprint density at radius 3 is 2.40 bits per heavy atom. The molecule has 0 saturated heterocycles. The van der Waals surface area contributed by atoms with Crippen LogP contribution in [0.25, 0.3) is 0 Å². The summed E-state index contributed by atoms with van der Waals surface area (Å²) in [4.78, 5) is 12.4. The molecule has 0 bridgehead atoms. The summed E-state index contributed by atoms with van der Waals surface area (Å²) in [5.74, 6) is -0.276. The van der Waals surface area contributed by atoms with Gasteiger partial charge in [0.2, 0.25) is 0 Å². The molecular formula is C14H10Cl2N2OS. The van der Waals surface area contributed by atoms with E-state index in [4.69, 9.17) is 41.2 Å². The number of carbonyl (C=O) groups excluding carboxylic acids is 1. The quantitative estimate of drug-likeness (QED) is 0.842. The Balaban J connectivity index is 2.21. The van der Waals surface area contributed by atoms with Crippen molar-refractivity contribution in [1.29, 1.82) is 0 Å². The number of hydrogen-bond acceptors (Lipinski definition) is 2. The molecule has 0 saturated carbocycles. The molecule has 0 fully saturated rings. The number of benzene rings is 2. The molecule has 20 heavy (non-hydrogen) atoms. The van der Waals surface area contributed by atoms with Gasteiger partial charge in [-0.15, -0.1) is 0 Å². The van der Waals surface area contributed by atoms with Crippen LogP contribution in [-0.2, 0) is 0 Å². The minimum atomic E-state index is -0.276. The molecule has 0 unspecified atom stereocenters. The molecule has 2 rings (SSSR count). The average molecular weight is 325 g/mol. The molecular weight excluding hydrogens is 315 g/mol. The normalized spacial score (nSPS) is 10.1. The topological polar surface area (TPSA) is 55.1 Å². The summed E-state index contributed by atoms with van der Waals surface area (Å²) in [5.41, 5.74) is 7.20. The van der Waals surface area contributed by atoms with Gasteiger partial charge in [0.1, 0.15) is 4.99 Å². The van der Waals surface area contributed by atoms with Crippen molar-refractivity contribution >= 4 is 52.0 Å². The summed E-state index contributed by atoms with van der Waals surface area (Å²) in [6, 6.07) is 11.6. The number of thiocarbonyl (C=S) groups is 1. The van der Waals surface area contributed by atoms with Crippen LogP contribution in [0.3, 0.4) is 0 Å². The van der Waals surface area contributed by atoms with Gasteiger partial charge in [-0.1, -0.05) is 47.6 Å². The highest BCUT2D eigenvalue weighted by Crippen LogP contribution is 2.25. The Kier molecular flexibility index (Phi) is 4.60. The van der Waals surface area contributed by atoms with Crippen molar-refractivity contribution < 1.29 is 4.79 Å². The van der Waals surface area contributed by atoms with E-state index in [0.29, 0.717) is 26.9 Å². The number of nitrogens with two attached hydrogens (primary N) is 1. The van der Waals surface area contributed by atoms with Crippen LogP contribution in [0.5, 0.6) is 0 Å². The van der Waals surface area contributed by atoms with Crippen molar-refractivity contribution in [3.63, 3.8) is 0 Å². The maximum atomic E-state index is 12.1. The summed E-state index contributed by atoms with van der Waals surface area (Å²) in [7, 11) is 0. The van der Waals surface area contributed by atoms with Gasteiger partial charge in [-0.25, -0.2) is 0 Å². The highest BCUT2D eigenvalue weighted by Gasteiger charge is 2.08. The summed E-state index contributed by atoms with van der Waals surface area (Å²) in [6.45, 7) is 0. The Morgan fingerprint density at radius 1 is 1.05 bits per heavy atom. The van der Waals surface area contributed by atoms with Crippen molar-refractivity contribution in [3.8, 4) is 0 Å². The number of anilines is 1. The van der Waals surface area contributed by atoms with Crippen LogP contribution in [0, 0.1) is 0 Å². The van der Waals surface area contributed by atoms with Crippen LogP contribution in [-0.4, -0.2) is 10.9 Å². The zero-order chi connectivity index (χ0) is 14.7. The summed E-state index contributed by atoms with van der Waals surface area (Å²) in [5, 5.41) is 3.53. The second kappa shape index (κ2) is 6.22. The summed E-state index contributed by atoms with van der Waals surface area (Å²) < 4.78 is 0. The molecule has 0 aliphatic rings. The third-order valence-electron chi connectivity index (χ3n) is 2.59. The van der Waals surface area contributed by atoms with E-state index in [1.54, 1.807) is 42.5 Å². The van der Waals surface area contributed by atoms with E-state index in [9.17, 15) is 4.79 Å². The maximum absolute atomic E-state index is 12.1. The molecule has 3 N–H and O–H groups in total. The number of nitrogens with one attached hydrogen (secondary N) is 1. The molecule has 0 aliphatic heterocycles. The van der Waals surface area contributed by atoms with Gasteiger partial charge < -0.3 is 11.1 Å². The van der Waals surface area contributed by atoms with Crippen LogP contribution < -0.4 is 11.1 Å². The molecule has 1 amide bonds. The van der Waals surface area contributed by atoms with Gasteiger partial charge in [-0.2, -0.15) is 0 Å². The molecule has 0 aromatic heterocycles. The second-order valence-electron chi connectivity index (χ2n) is 4.03. The molecule has 0 spiro atoms. The van der Waals surface area contributed by atoms with Crippen molar-refractivity contribution in [2.75, 3.05) is 5.32 Å². The lowest BCUT2D eigenvalue weighted by Crippen LogP contribution is -2.14. The third-order valence-corrected chi connectivity index (χ3v) is 3.56. The molecule has 6 heteroatoms. The van der Waals surface area contributed by atoms with E-state index in [1.807, 2.05) is 0 Å². The van der Waals surface area contributed by atoms with E-state index in [1.165, 1.54) is 0 Å². The third kappa shape index (κ3) is 3.48. The monoisotopic (exact) mass is 324 g/mol. The van der Waals surface area contributed by atoms with Crippen molar-refractivity contribution in [1.82, 2.24) is 0 Å². The van der Waals surface area contributed by atoms with Crippen LogP contribution in [0.1, 0.15) is 15.9 Å². The first kappa shape index (κ1) is 14.8. The fraction of sp³-hybridized carbons (Fsp3) is 0. The lowest BCUT2D eigenvalue weighted by molar-refractivity contribution is 0.102. The Morgan fingerprint density at radius 2 is 1.75 bits per heavy atom. The van der Waals surface area contributed by atoms with Gasteiger partial charge in [-0.3, -0.25) is 4.79 Å². The maximum Gasteiger partial charge on any atom is 0.255 e. The fourth-order valence-electron chi connectivity index (χ4n) is 1.59. The number of rotatable bonds is 3. The first-order chi connectivity index (χ1) is 9.47.